The Balaban J connectivity index is 1.60. The summed E-state index contributed by atoms with van der Waals surface area (Å²) in [5, 5.41) is 0. The maximum atomic E-state index is 13.4. The number of thioether (sulfide) groups is 1. The van der Waals surface area contributed by atoms with E-state index in [0.717, 1.165) is 22.4 Å². The Kier molecular flexibility index (Phi) is 10.7. The Hall–Kier alpha value is -3.08. The molecule has 0 unspecified atom stereocenters. The van der Waals surface area contributed by atoms with Crippen LogP contribution in [0.2, 0.25) is 0 Å². The molecule has 0 bridgehead atoms. The molecule has 0 saturated carbocycles. The van der Waals surface area contributed by atoms with Crippen molar-refractivity contribution < 1.29 is 36.8 Å². The highest BCUT2D eigenvalue weighted by atomic mass is 32.2. The van der Waals surface area contributed by atoms with Gasteiger partial charge in [-0.1, -0.05) is 25.1 Å². The van der Waals surface area contributed by atoms with E-state index >= 15 is 0 Å². The van der Waals surface area contributed by atoms with Gasteiger partial charge in [0.25, 0.3) is 0 Å². The lowest BCUT2D eigenvalue weighted by atomic mass is 10.0. The summed E-state index contributed by atoms with van der Waals surface area (Å²) in [6.07, 6.45) is 1.36. The zero-order valence-corrected chi connectivity index (χ0v) is 25.8. The first-order valence-electron chi connectivity index (χ1n) is 13.6. The van der Waals surface area contributed by atoms with Crippen LogP contribution in [0, 0.1) is 0 Å². The predicted octanol–water partition coefficient (Wildman–Crippen LogP) is 6.67. The van der Waals surface area contributed by atoms with Crippen molar-refractivity contribution in [3.05, 3.63) is 65.7 Å². The summed E-state index contributed by atoms with van der Waals surface area (Å²) in [6.45, 7) is 2.17. The molecule has 0 spiro atoms. The van der Waals surface area contributed by atoms with E-state index in [4.69, 9.17) is 28.4 Å². The summed E-state index contributed by atoms with van der Waals surface area (Å²) in [5.41, 5.74) is 1.63. The molecular weight excluding hydrogens is 564 g/mol. The molecule has 3 aromatic rings. The normalized spacial score (nSPS) is 16.8. The van der Waals surface area contributed by atoms with Crippen molar-refractivity contribution in [1.82, 2.24) is 0 Å². The predicted molar refractivity (Wildman–Crippen MR) is 160 cm³/mol. The molecule has 0 amide bonds. The van der Waals surface area contributed by atoms with Crippen LogP contribution in [0.4, 0.5) is 0 Å². The zero-order chi connectivity index (χ0) is 29.4. The third kappa shape index (κ3) is 7.23. The SMILES string of the molecule is CCCS(=O)(=O)c1cc([C@@H]2CC[C@@H](c3cc(OC)c(OC)c(OC)c3)O2)cc(OC)c1OCCSc1ccccc1. The van der Waals surface area contributed by atoms with E-state index in [9.17, 15) is 8.42 Å². The van der Waals surface area contributed by atoms with Crippen molar-refractivity contribution in [1.29, 1.82) is 0 Å². The number of hydrogen-bond donors (Lipinski definition) is 0. The van der Waals surface area contributed by atoms with Crippen molar-refractivity contribution in [3.63, 3.8) is 0 Å². The van der Waals surface area contributed by atoms with Gasteiger partial charge in [0.05, 0.1) is 53.0 Å². The van der Waals surface area contributed by atoms with Crippen molar-refractivity contribution >= 4 is 21.6 Å². The van der Waals surface area contributed by atoms with E-state index in [1.807, 2.05) is 55.5 Å². The molecule has 2 atom stereocenters. The van der Waals surface area contributed by atoms with Crippen LogP contribution in [0.15, 0.2) is 64.4 Å². The number of ether oxygens (including phenoxy) is 6. The topological polar surface area (TPSA) is 89.5 Å². The second kappa shape index (κ2) is 14.2. The minimum absolute atomic E-state index is 0.00825. The van der Waals surface area contributed by atoms with Crippen LogP contribution >= 0.6 is 11.8 Å². The molecule has 222 valence electrons. The fourth-order valence-corrected chi connectivity index (χ4v) is 7.19. The smallest absolute Gasteiger partial charge is 0.203 e. The molecule has 4 rings (SSSR count). The molecule has 41 heavy (non-hydrogen) atoms. The maximum absolute atomic E-state index is 13.4. The fraction of sp³-hybridized carbons (Fsp3) is 0.419. The van der Waals surface area contributed by atoms with Crippen LogP contribution in [-0.2, 0) is 14.6 Å². The van der Waals surface area contributed by atoms with Crippen LogP contribution < -0.4 is 23.7 Å². The number of hydrogen-bond acceptors (Lipinski definition) is 9. The largest absolute Gasteiger partial charge is 0.493 e. The Morgan fingerprint density at radius 3 is 1.90 bits per heavy atom. The summed E-state index contributed by atoms with van der Waals surface area (Å²) in [7, 11) is 2.62. The summed E-state index contributed by atoms with van der Waals surface area (Å²) >= 11 is 1.64. The Labute approximate surface area is 247 Å². The highest BCUT2D eigenvalue weighted by Gasteiger charge is 2.32. The molecule has 1 heterocycles. The zero-order valence-electron chi connectivity index (χ0n) is 24.2. The van der Waals surface area contributed by atoms with Crippen LogP contribution in [-0.4, -0.2) is 55.0 Å². The average Bonchev–Trinajstić information content (AvgIpc) is 3.49. The minimum Gasteiger partial charge on any atom is -0.493 e. The molecule has 8 nitrogen and oxygen atoms in total. The number of benzene rings is 3. The summed E-state index contributed by atoms with van der Waals surface area (Å²) < 4.78 is 61.5. The van der Waals surface area contributed by atoms with Gasteiger partial charge in [0.15, 0.2) is 32.8 Å². The van der Waals surface area contributed by atoms with Gasteiger partial charge in [0, 0.05) is 10.6 Å². The first-order chi connectivity index (χ1) is 19.8. The van der Waals surface area contributed by atoms with Crippen LogP contribution in [0.3, 0.4) is 0 Å². The first kappa shape index (κ1) is 30.9. The number of methoxy groups -OCH3 is 4. The molecule has 0 N–H and O–H groups in total. The summed E-state index contributed by atoms with van der Waals surface area (Å²) in [4.78, 5) is 1.26. The van der Waals surface area contributed by atoms with Gasteiger partial charge in [-0.05, 0) is 66.8 Å². The Morgan fingerprint density at radius 2 is 1.37 bits per heavy atom. The molecule has 10 heteroatoms. The van der Waals surface area contributed by atoms with Gasteiger partial charge in [0.1, 0.15) is 4.90 Å². The van der Waals surface area contributed by atoms with Gasteiger partial charge in [0.2, 0.25) is 5.75 Å². The van der Waals surface area contributed by atoms with Crippen molar-refractivity contribution in [2.75, 3.05) is 46.6 Å². The molecular formula is C31H38O8S2. The van der Waals surface area contributed by atoms with Crippen molar-refractivity contribution in [2.45, 2.75) is 48.2 Å². The van der Waals surface area contributed by atoms with Crippen molar-refractivity contribution in [3.8, 4) is 28.7 Å². The minimum atomic E-state index is -3.62. The lowest BCUT2D eigenvalue weighted by Crippen LogP contribution is -2.12. The second-order valence-electron chi connectivity index (χ2n) is 9.53. The Bertz CT molecular complexity index is 1380. The fourth-order valence-electron chi connectivity index (χ4n) is 4.92. The molecule has 0 radical (unpaired) electrons. The third-order valence-corrected chi connectivity index (χ3v) is 9.76. The van der Waals surface area contributed by atoms with Gasteiger partial charge < -0.3 is 28.4 Å². The van der Waals surface area contributed by atoms with Gasteiger partial charge in [-0.2, -0.15) is 0 Å². The van der Waals surface area contributed by atoms with Gasteiger partial charge in [-0.3, -0.25) is 0 Å². The molecule has 1 saturated heterocycles. The first-order valence-corrected chi connectivity index (χ1v) is 16.2. The van der Waals surface area contributed by atoms with E-state index < -0.39 is 9.84 Å². The number of rotatable bonds is 14. The maximum Gasteiger partial charge on any atom is 0.203 e. The lowest BCUT2D eigenvalue weighted by Gasteiger charge is -2.21. The molecule has 0 aliphatic carbocycles. The monoisotopic (exact) mass is 602 g/mol. The second-order valence-corrected chi connectivity index (χ2v) is 12.8. The van der Waals surface area contributed by atoms with E-state index in [1.54, 1.807) is 39.2 Å². The van der Waals surface area contributed by atoms with Crippen LogP contribution in [0.25, 0.3) is 0 Å². The summed E-state index contributed by atoms with van der Waals surface area (Å²) in [5.74, 6) is 2.91. The highest BCUT2D eigenvalue weighted by Crippen LogP contribution is 2.48. The Morgan fingerprint density at radius 1 is 0.805 bits per heavy atom. The molecule has 1 fully saturated rings. The van der Waals surface area contributed by atoms with E-state index in [-0.39, 0.29) is 28.6 Å². The van der Waals surface area contributed by atoms with Gasteiger partial charge in [-0.15, -0.1) is 11.8 Å². The van der Waals surface area contributed by atoms with Gasteiger partial charge in [-0.25, -0.2) is 8.42 Å². The third-order valence-electron chi connectivity index (χ3n) is 6.86. The van der Waals surface area contributed by atoms with E-state index in [1.165, 1.54) is 7.11 Å². The van der Waals surface area contributed by atoms with Crippen LogP contribution in [0.5, 0.6) is 28.7 Å². The number of sulfone groups is 1. The average molecular weight is 603 g/mol. The molecule has 3 aromatic carbocycles. The highest BCUT2D eigenvalue weighted by molar-refractivity contribution is 7.99. The van der Waals surface area contributed by atoms with Crippen molar-refractivity contribution in [2.24, 2.45) is 0 Å². The molecule has 1 aliphatic heterocycles. The molecule has 0 aromatic heterocycles. The quantitative estimate of drug-likeness (QED) is 0.148. The lowest BCUT2D eigenvalue weighted by molar-refractivity contribution is 0.0435. The van der Waals surface area contributed by atoms with Gasteiger partial charge >= 0.3 is 0 Å². The summed E-state index contributed by atoms with van der Waals surface area (Å²) in [6, 6.07) is 17.3. The molecule has 1 aliphatic rings. The van der Waals surface area contributed by atoms with Crippen LogP contribution in [0.1, 0.15) is 49.5 Å². The van der Waals surface area contributed by atoms with E-state index in [2.05, 4.69) is 0 Å². The van der Waals surface area contributed by atoms with E-state index in [0.29, 0.717) is 48.2 Å². The standard InChI is InChI=1S/C31H38O8S2/c1-6-16-41(32,33)29-20-22(19-28(36-4)31(29)38-14-15-40-23-10-8-7-9-11-23)25-13-12-24(39-25)21-17-26(34-2)30(37-5)27(18-21)35-3/h7-11,17-20,24-25H,6,12-16H2,1-5H3/t24-,25-/m0/s1.